The van der Waals surface area contributed by atoms with E-state index in [1.165, 1.54) is 4.31 Å². The second-order valence-corrected chi connectivity index (χ2v) is 5.35. The fraction of sp³-hybridized carbons (Fsp3) is 0.417. The van der Waals surface area contributed by atoms with Crippen molar-refractivity contribution >= 4 is 17.3 Å². The molecule has 0 aliphatic carbocycles. The number of carbonyl (C=O) groups excluding carboxylic acids is 1. The van der Waals surface area contributed by atoms with Crippen LogP contribution < -0.4 is 4.74 Å². The number of benzene rings is 1. The highest BCUT2D eigenvalue weighted by Crippen LogP contribution is 2.25. The molecule has 0 aliphatic rings. The van der Waals surface area contributed by atoms with Crippen LogP contribution in [0.1, 0.15) is 11.1 Å². The van der Waals surface area contributed by atoms with E-state index in [4.69, 9.17) is 4.74 Å². The predicted octanol–water partition coefficient (Wildman–Crippen LogP) is 1.47. The number of aldehydes is 1. The molecular weight excluding hydrogens is 238 g/mol. The zero-order valence-corrected chi connectivity index (χ0v) is 11.3. The fourth-order valence-electron chi connectivity index (χ4n) is 1.63. The van der Waals surface area contributed by atoms with Crippen molar-refractivity contribution in [3.05, 3.63) is 23.3 Å². The molecule has 5 heteroatoms. The first kappa shape index (κ1) is 13.9. The number of ether oxygens (including phenoxy) is 1. The monoisotopic (exact) mass is 255 g/mol. The minimum atomic E-state index is -1.31. The Morgan fingerprint density at radius 1 is 1.35 bits per heavy atom. The number of hydrogen-bond acceptors (Lipinski definition) is 3. The highest BCUT2D eigenvalue weighted by Gasteiger charge is 2.16. The Bertz CT molecular complexity index is 422. The third-order valence-electron chi connectivity index (χ3n) is 2.46. The van der Waals surface area contributed by atoms with Crippen LogP contribution in [0, 0.1) is 13.8 Å². The van der Waals surface area contributed by atoms with E-state index >= 15 is 0 Å². The summed E-state index contributed by atoms with van der Waals surface area (Å²) in [5.74, 6) is 0.749. The van der Waals surface area contributed by atoms with Gasteiger partial charge in [0.1, 0.15) is 23.0 Å². The highest BCUT2D eigenvalue weighted by atomic mass is 32.2. The van der Waals surface area contributed by atoms with Gasteiger partial charge < -0.3 is 9.53 Å². The summed E-state index contributed by atoms with van der Waals surface area (Å²) in [6.07, 6.45) is 0.742. The summed E-state index contributed by atoms with van der Waals surface area (Å²) in [7, 11) is 1.95. The molecule has 0 aliphatic heterocycles. The third kappa shape index (κ3) is 3.14. The molecule has 0 N–H and O–H groups in total. The van der Waals surface area contributed by atoms with E-state index in [2.05, 4.69) is 0 Å². The van der Waals surface area contributed by atoms with Gasteiger partial charge in [-0.25, -0.2) is 8.51 Å². The predicted molar refractivity (Wildman–Crippen MR) is 67.6 cm³/mol. The zero-order chi connectivity index (χ0) is 13.0. The van der Waals surface area contributed by atoms with Crippen molar-refractivity contribution in [3.63, 3.8) is 0 Å². The molecule has 0 radical (unpaired) electrons. The van der Waals surface area contributed by atoms with Crippen molar-refractivity contribution in [1.29, 1.82) is 0 Å². The number of rotatable bonds is 5. The summed E-state index contributed by atoms with van der Waals surface area (Å²) in [5.41, 5.74) is 1.80. The van der Waals surface area contributed by atoms with Crippen molar-refractivity contribution in [2.75, 3.05) is 20.7 Å². The van der Waals surface area contributed by atoms with Gasteiger partial charge in [0.2, 0.25) is 0 Å². The largest absolute Gasteiger partial charge is 0.497 e. The zero-order valence-electron chi connectivity index (χ0n) is 10.5. The van der Waals surface area contributed by atoms with E-state index in [9.17, 15) is 9.00 Å². The lowest BCUT2D eigenvalue weighted by molar-refractivity contribution is -0.107. The topological polar surface area (TPSA) is 46.6 Å². The molecule has 0 aromatic heterocycles. The van der Waals surface area contributed by atoms with E-state index in [-0.39, 0.29) is 6.54 Å². The Balaban J connectivity index is 3.14. The molecule has 4 nitrogen and oxygen atoms in total. The van der Waals surface area contributed by atoms with Gasteiger partial charge in [-0.2, -0.15) is 0 Å². The summed E-state index contributed by atoms with van der Waals surface area (Å²) in [5, 5.41) is 0. The van der Waals surface area contributed by atoms with Crippen molar-refractivity contribution in [2.24, 2.45) is 0 Å². The Morgan fingerprint density at radius 2 is 1.88 bits per heavy atom. The molecule has 17 heavy (non-hydrogen) atoms. The number of carbonyl (C=O) groups is 1. The summed E-state index contributed by atoms with van der Waals surface area (Å²) in [6, 6.07) is 3.68. The molecule has 0 fully saturated rings. The average Bonchev–Trinajstić information content (AvgIpc) is 2.28. The second kappa shape index (κ2) is 5.93. The van der Waals surface area contributed by atoms with Gasteiger partial charge >= 0.3 is 0 Å². The molecule has 0 amide bonds. The molecule has 0 saturated heterocycles. The van der Waals surface area contributed by atoms with E-state index in [1.807, 2.05) is 26.0 Å². The molecule has 0 spiro atoms. The van der Waals surface area contributed by atoms with Gasteiger partial charge in [0, 0.05) is 7.05 Å². The first-order valence-electron chi connectivity index (χ1n) is 5.23. The number of aryl methyl sites for hydroxylation is 2. The van der Waals surface area contributed by atoms with E-state index in [0.717, 1.165) is 28.1 Å². The van der Waals surface area contributed by atoms with Crippen LogP contribution in [0.2, 0.25) is 0 Å². The summed E-state index contributed by atoms with van der Waals surface area (Å²) in [6.45, 7) is 3.92. The van der Waals surface area contributed by atoms with Crippen LogP contribution in [0.5, 0.6) is 5.75 Å². The Kier molecular flexibility index (Phi) is 4.84. The Morgan fingerprint density at radius 3 is 2.29 bits per heavy atom. The molecule has 1 unspecified atom stereocenters. The number of likely N-dealkylation sites (N-methyl/N-ethyl adjacent to an activating group) is 1. The van der Waals surface area contributed by atoms with Gasteiger partial charge in [0.15, 0.2) is 0 Å². The maximum atomic E-state index is 12.2. The van der Waals surface area contributed by atoms with Crippen LogP contribution in [0.15, 0.2) is 17.0 Å². The first-order chi connectivity index (χ1) is 8.01. The van der Waals surface area contributed by atoms with Crippen molar-refractivity contribution in [2.45, 2.75) is 18.7 Å². The second-order valence-electron chi connectivity index (χ2n) is 3.82. The number of methoxy groups -OCH3 is 1. The van der Waals surface area contributed by atoms with Crippen molar-refractivity contribution < 1.29 is 13.7 Å². The fourth-order valence-corrected chi connectivity index (χ4v) is 2.81. The molecule has 0 bridgehead atoms. The minimum Gasteiger partial charge on any atom is -0.497 e. The molecular formula is C12H17NO3S. The van der Waals surface area contributed by atoms with Gasteiger partial charge in [-0.05, 0) is 37.1 Å². The van der Waals surface area contributed by atoms with Gasteiger partial charge in [-0.15, -0.1) is 0 Å². The lowest BCUT2D eigenvalue weighted by atomic mass is 10.1. The quantitative estimate of drug-likeness (QED) is 0.748. The van der Waals surface area contributed by atoms with Gasteiger partial charge in [0.05, 0.1) is 18.6 Å². The lowest BCUT2D eigenvalue weighted by Gasteiger charge is -2.17. The normalized spacial score (nSPS) is 12.5. The van der Waals surface area contributed by atoms with Crippen molar-refractivity contribution in [3.8, 4) is 5.75 Å². The summed E-state index contributed by atoms with van der Waals surface area (Å²) >= 11 is 0. The van der Waals surface area contributed by atoms with Gasteiger partial charge in [-0.3, -0.25) is 0 Å². The van der Waals surface area contributed by atoms with Crippen LogP contribution in [0.25, 0.3) is 0 Å². The van der Waals surface area contributed by atoms with E-state index in [0.29, 0.717) is 0 Å². The highest BCUT2D eigenvalue weighted by molar-refractivity contribution is 7.82. The average molecular weight is 255 g/mol. The lowest BCUT2D eigenvalue weighted by Crippen LogP contribution is -2.24. The van der Waals surface area contributed by atoms with E-state index in [1.54, 1.807) is 14.2 Å². The summed E-state index contributed by atoms with van der Waals surface area (Å²) in [4.78, 5) is 11.2. The first-order valence-corrected chi connectivity index (χ1v) is 6.33. The van der Waals surface area contributed by atoms with Crippen LogP contribution >= 0.6 is 0 Å². The molecule has 1 aromatic rings. The molecule has 94 valence electrons. The molecule has 0 saturated carbocycles. The van der Waals surface area contributed by atoms with Crippen LogP contribution in [0.4, 0.5) is 0 Å². The number of hydrogen-bond donors (Lipinski definition) is 0. The van der Waals surface area contributed by atoms with E-state index < -0.39 is 11.0 Å². The molecule has 1 rings (SSSR count). The standard InChI is InChI=1S/C12H17NO3S/c1-9-7-11(16-4)8-10(2)12(9)17(15)13(3)5-6-14/h6-8H,5H2,1-4H3. The van der Waals surface area contributed by atoms with Gasteiger partial charge in [-0.1, -0.05) is 0 Å². The Labute approximate surface area is 104 Å². The number of nitrogens with zero attached hydrogens (tertiary/aromatic N) is 1. The molecule has 1 aromatic carbocycles. The van der Waals surface area contributed by atoms with Crippen LogP contribution in [0.3, 0.4) is 0 Å². The Hall–Kier alpha value is -1.20. The van der Waals surface area contributed by atoms with Crippen molar-refractivity contribution in [1.82, 2.24) is 4.31 Å². The SMILES string of the molecule is COc1cc(C)c(S(=O)N(C)CC=O)c(C)c1. The maximum Gasteiger partial charge on any atom is 0.135 e. The summed E-state index contributed by atoms with van der Waals surface area (Å²) < 4.78 is 18.9. The smallest absolute Gasteiger partial charge is 0.135 e. The maximum absolute atomic E-state index is 12.2. The van der Waals surface area contributed by atoms with Crippen LogP contribution in [-0.2, 0) is 15.8 Å². The molecule has 1 atom stereocenters. The third-order valence-corrected chi connectivity index (χ3v) is 4.17. The molecule has 0 heterocycles. The minimum absolute atomic E-state index is 0.150. The van der Waals surface area contributed by atoms with Gasteiger partial charge in [0.25, 0.3) is 0 Å². The van der Waals surface area contributed by atoms with Crippen LogP contribution in [-0.4, -0.2) is 35.5 Å².